The fourth-order valence-corrected chi connectivity index (χ4v) is 6.09. The normalized spacial score (nSPS) is 14.7. The van der Waals surface area contributed by atoms with E-state index in [-0.39, 0.29) is 29.8 Å². The Labute approximate surface area is 259 Å². The summed E-state index contributed by atoms with van der Waals surface area (Å²) in [5.74, 6) is -0.0304. The second-order valence-corrected chi connectivity index (χ2v) is 12.8. The van der Waals surface area contributed by atoms with Crippen LogP contribution in [0.25, 0.3) is 22.6 Å². The van der Waals surface area contributed by atoms with Crippen molar-refractivity contribution in [1.29, 1.82) is 0 Å². The van der Waals surface area contributed by atoms with Gasteiger partial charge >= 0.3 is 12.1 Å². The second-order valence-electron chi connectivity index (χ2n) is 11.2. The number of methoxy groups -OCH3 is 1. The van der Waals surface area contributed by atoms with Gasteiger partial charge in [0, 0.05) is 18.7 Å². The molecule has 0 saturated heterocycles. The number of benzene rings is 2. The van der Waals surface area contributed by atoms with E-state index >= 15 is 0 Å². The molecule has 45 heavy (non-hydrogen) atoms. The van der Waals surface area contributed by atoms with Crippen molar-refractivity contribution in [3.05, 3.63) is 71.0 Å². The SMILES string of the molecule is COC(=O)c1nc(NCCCC(OS(C)(=O)=O)C2CCC2)c2c(n1)nc(-c1cccc(C)c1)n2Cc1ccc(C(F)(F)F)cc1. The molecule has 10 nitrogen and oxygen atoms in total. The molecule has 5 rings (SSSR count). The van der Waals surface area contributed by atoms with Gasteiger partial charge in [0.15, 0.2) is 11.5 Å². The lowest BCUT2D eigenvalue weighted by Crippen LogP contribution is -2.31. The topological polar surface area (TPSA) is 125 Å². The number of hydrogen-bond acceptors (Lipinski definition) is 9. The number of nitrogens with one attached hydrogen (secondary N) is 1. The van der Waals surface area contributed by atoms with Crippen LogP contribution in [0.1, 0.15) is 59.4 Å². The third kappa shape index (κ3) is 7.79. The first-order valence-electron chi connectivity index (χ1n) is 14.5. The van der Waals surface area contributed by atoms with Gasteiger partial charge in [0.25, 0.3) is 10.1 Å². The molecule has 4 aromatic rings. The number of rotatable bonds is 12. The van der Waals surface area contributed by atoms with Gasteiger partial charge in [0.1, 0.15) is 11.3 Å². The quantitative estimate of drug-likeness (QED) is 0.112. The lowest BCUT2D eigenvalue weighted by atomic mass is 9.80. The van der Waals surface area contributed by atoms with Gasteiger partial charge in [-0.05, 0) is 62.3 Å². The van der Waals surface area contributed by atoms with Crippen molar-refractivity contribution in [3.63, 3.8) is 0 Å². The van der Waals surface area contributed by atoms with Crippen LogP contribution in [0.15, 0.2) is 48.5 Å². The van der Waals surface area contributed by atoms with Crippen LogP contribution in [0, 0.1) is 12.8 Å². The number of anilines is 1. The van der Waals surface area contributed by atoms with E-state index in [2.05, 4.69) is 15.3 Å². The molecule has 14 heteroatoms. The molecule has 1 aliphatic carbocycles. The summed E-state index contributed by atoms with van der Waals surface area (Å²) in [6.07, 6.45) is 0.0355. The van der Waals surface area contributed by atoms with Gasteiger partial charge in [0.2, 0.25) is 5.82 Å². The molecule has 2 heterocycles. The van der Waals surface area contributed by atoms with Crippen LogP contribution in [0.4, 0.5) is 19.0 Å². The summed E-state index contributed by atoms with van der Waals surface area (Å²) in [6, 6.07) is 12.5. The first kappa shape index (κ1) is 32.4. The number of aryl methyl sites for hydroxylation is 1. The molecule has 1 N–H and O–H groups in total. The van der Waals surface area contributed by atoms with Crippen LogP contribution in [0.5, 0.6) is 0 Å². The highest BCUT2D eigenvalue weighted by molar-refractivity contribution is 7.86. The Kier molecular flexibility index (Phi) is 9.44. The fourth-order valence-electron chi connectivity index (χ4n) is 5.39. The minimum Gasteiger partial charge on any atom is -0.463 e. The summed E-state index contributed by atoms with van der Waals surface area (Å²) < 4.78 is 75.5. The summed E-state index contributed by atoms with van der Waals surface area (Å²) in [4.78, 5) is 26.1. The van der Waals surface area contributed by atoms with Crippen molar-refractivity contribution in [1.82, 2.24) is 19.5 Å². The molecule has 1 fully saturated rings. The number of fused-ring (bicyclic) bond motifs is 1. The van der Waals surface area contributed by atoms with Gasteiger partial charge in [0.05, 0.1) is 25.0 Å². The lowest BCUT2D eigenvalue weighted by molar-refractivity contribution is -0.137. The smallest absolute Gasteiger partial charge is 0.416 e. The predicted octanol–water partition coefficient (Wildman–Crippen LogP) is 5.99. The van der Waals surface area contributed by atoms with Crippen molar-refractivity contribution in [2.75, 3.05) is 25.2 Å². The predicted molar refractivity (Wildman–Crippen MR) is 162 cm³/mol. The first-order chi connectivity index (χ1) is 21.3. The maximum absolute atomic E-state index is 13.2. The van der Waals surface area contributed by atoms with E-state index in [4.69, 9.17) is 13.9 Å². The van der Waals surface area contributed by atoms with Crippen LogP contribution in [-0.2, 0) is 31.8 Å². The van der Waals surface area contributed by atoms with Crippen molar-refractivity contribution < 1.29 is 35.3 Å². The molecule has 1 unspecified atom stereocenters. The number of alkyl halides is 3. The number of carbonyl (C=O) groups excluding carboxylic acids is 1. The van der Waals surface area contributed by atoms with E-state index in [1.807, 2.05) is 31.2 Å². The maximum Gasteiger partial charge on any atom is 0.416 e. The van der Waals surface area contributed by atoms with Crippen molar-refractivity contribution in [2.24, 2.45) is 5.92 Å². The number of aromatic nitrogens is 4. The van der Waals surface area contributed by atoms with Gasteiger partial charge in [-0.25, -0.2) is 19.7 Å². The molecule has 0 amide bonds. The fraction of sp³-hybridized carbons (Fsp3) is 0.419. The Bertz CT molecular complexity index is 1790. The van der Waals surface area contributed by atoms with Crippen molar-refractivity contribution in [3.8, 4) is 11.4 Å². The zero-order valence-electron chi connectivity index (χ0n) is 25.1. The second kappa shape index (κ2) is 13.1. The molecule has 1 aliphatic rings. The average molecular weight is 646 g/mol. The molecule has 0 radical (unpaired) electrons. The summed E-state index contributed by atoms with van der Waals surface area (Å²) in [5.41, 5.74) is 2.19. The van der Waals surface area contributed by atoms with Crippen molar-refractivity contribution >= 4 is 33.1 Å². The molecule has 1 atom stereocenters. The minimum absolute atomic E-state index is 0.138. The number of esters is 1. The number of halogens is 3. The van der Waals surface area contributed by atoms with Crippen LogP contribution >= 0.6 is 0 Å². The highest BCUT2D eigenvalue weighted by Gasteiger charge is 2.31. The summed E-state index contributed by atoms with van der Waals surface area (Å²) in [5, 5.41) is 3.26. The molecule has 1 saturated carbocycles. The van der Waals surface area contributed by atoms with Crippen LogP contribution in [0.2, 0.25) is 0 Å². The van der Waals surface area contributed by atoms with Gasteiger partial charge < -0.3 is 14.6 Å². The van der Waals surface area contributed by atoms with Crippen molar-refractivity contribution in [2.45, 2.75) is 57.9 Å². The molecule has 2 aromatic heterocycles. The lowest BCUT2D eigenvalue weighted by Gasteiger charge is -2.32. The molecule has 0 aliphatic heterocycles. The first-order valence-corrected chi connectivity index (χ1v) is 16.4. The Balaban J connectivity index is 1.53. The number of hydrogen-bond donors (Lipinski definition) is 1. The molecule has 0 spiro atoms. The molecular weight excluding hydrogens is 611 g/mol. The molecule has 240 valence electrons. The van der Waals surface area contributed by atoms with Gasteiger partial charge in [-0.1, -0.05) is 42.3 Å². The zero-order valence-corrected chi connectivity index (χ0v) is 25.9. The summed E-state index contributed by atoms with van der Waals surface area (Å²) in [6.45, 7) is 2.42. The minimum atomic E-state index is -4.47. The Morgan fingerprint density at radius 1 is 1.11 bits per heavy atom. The zero-order chi connectivity index (χ0) is 32.4. The molecule has 2 aromatic carbocycles. The molecule has 0 bridgehead atoms. The highest BCUT2D eigenvalue weighted by atomic mass is 32.2. The summed E-state index contributed by atoms with van der Waals surface area (Å²) >= 11 is 0. The van der Waals surface area contributed by atoms with Crippen LogP contribution < -0.4 is 5.32 Å². The van der Waals surface area contributed by atoms with E-state index in [1.165, 1.54) is 19.2 Å². The van der Waals surface area contributed by atoms with E-state index < -0.39 is 33.9 Å². The van der Waals surface area contributed by atoms with E-state index in [0.29, 0.717) is 36.3 Å². The summed E-state index contributed by atoms with van der Waals surface area (Å²) in [7, 11) is -2.41. The highest BCUT2D eigenvalue weighted by Crippen LogP contribution is 2.35. The Morgan fingerprint density at radius 2 is 1.84 bits per heavy atom. The number of imidazole rings is 1. The van der Waals surface area contributed by atoms with E-state index in [0.717, 1.165) is 48.8 Å². The largest absolute Gasteiger partial charge is 0.463 e. The van der Waals surface area contributed by atoms with E-state index in [9.17, 15) is 26.4 Å². The Morgan fingerprint density at radius 3 is 2.44 bits per heavy atom. The van der Waals surface area contributed by atoms with Gasteiger partial charge in [-0.2, -0.15) is 21.6 Å². The number of carbonyl (C=O) groups is 1. The maximum atomic E-state index is 13.2. The number of ether oxygens (including phenoxy) is 1. The standard InChI is InChI=1S/C31H34F3N5O5S/c1-19-7-4-10-22(17-19)29-38-27-25(39(29)18-20-12-14-23(15-13-20)31(32,33)34)26(36-28(37-27)30(40)43-2)35-16-6-11-24(21-8-5-9-21)44-45(3,41)42/h4,7,10,12-15,17,21,24H,5-6,8-9,11,16,18H2,1-3H3,(H,35,36,37). The average Bonchev–Trinajstić information content (AvgIpc) is 3.31. The third-order valence-electron chi connectivity index (χ3n) is 7.80. The van der Waals surface area contributed by atoms with E-state index in [1.54, 1.807) is 4.57 Å². The van der Waals surface area contributed by atoms with Crippen LogP contribution in [-0.4, -0.2) is 59.9 Å². The van der Waals surface area contributed by atoms with Crippen LogP contribution in [0.3, 0.4) is 0 Å². The monoisotopic (exact) mass is 645 g/mol. The van der Waals surface area contributed by atoms with Gasteiger partial charge in [-0.15, -0.1) is 0 Å². The van der Waals surface area contributed by atoms with Gasteiger partial charge in [-0.3, -0.25) is 4.18 Å². The molecular formula is C31H34F3N5O5S. The Hall–Kier alpha value is -4.04. The third-order valence-corrected chi connectivity index (χ3v) is 8.40. The number of nitrogens with zero attached hydrogens (tertiary/aromatic N) is 4.